The van der Waals surface area contributed by atoms with Gasteiger partial charge >= 0.3 is 0 Å². The summed E-state index contributed by atoms with van der Waals surface area (Å²) in [4.78, 5) is 26.0. The van der Waals surface area contributed by atoms with Crippen molar-refractivity contribution in [1.29, 1.82) is 0 Å². The summed E-state index contributed by atoms with van der Waals surface area (Å²) in [5, 5.41) is 0. The topological polar surface area (TPSA) is 49.3 Å². The van der Waals surface area contributed by atoms with E-state index < -0.39 is 0 Å². The maximum atomic E-state index is 13.1. The number of aryl methyl sites for hydroxylation is 1. The molecular formula is C19H24N4O. The molecule has 3 rings (SSSR count). The predicted octanol–water partition coefficient (Wildman–Crippen LogP) is 3.22. The summed E-state index contributed by atoms with van der Waals surface area (Å²) >= 11 is 0. The van der Waals surface area contributed by atoms with Gasteiger partial charge in [-0.05, 0) is 45.7 Å². The van der Waals surface area contributed by atoms with Gasteiger partial charge in [0.25, 0.3) is 5.91 Å². The number of aromatic nitrogens is 2. The van der Waals surface area contributed by atoms with Gasteiger partial charge < -0.3 is 9.80 Å². The second-order valence-corrected chi connectivity index (χ2v) is 6.19. The monoisotopic (exact) mass is 324 g/mol. The quantitative estimate of drug-likeness (QED) is 0.866. The highest BCUT2D eigenvalue weighted by Gasteiger charge is 2.32. The Morgan fingerprint density at radius 3 is 2.67 bits per heavy atom. The van der Waals surface area contributed by atoms with Crippen molar-refractivity contribution in [2.75, 3.05) is 22.9 Å². The van der Waals surface area contributed by atoms with Crippen molar-refractivity contribution in [2.24, 2.45) is 0 Å². The lowest BCUT2D eigenvalue weighted by atomic mass is 10.1. The summed E-state index contributed by atoms with van der Waals surface area (Å²) in [6.45, 7) is 9.79. The van der Waals surface area contributed by atoms with E-state index in [9.17, 15) is 4.79 Å². The summed E-state index contributed by atoms with van der Waals surface area (Å²) in [5.41, 5.74) is 2.68. The molecule has 0 saturated heterocycles. The Hall–Kier alpha value is -2.43. The molecule has 1 aromatic heterocycles. The Bertz CT molecular complexity index is 755. The zero-order valence-corrected chi connectivity index (χ0v) is 14.8. The Morgan fingerprint density at radius 1 is 1.25 bits per heavy atom. The van der Waals surface area contributed by atoms with E-state index in [1.165, 1.54) is 5.56 Å². The number of anilines is 2. The molecule has 5 nitrogen and oxygen atoms in total. The number of fused-ring (bicyclic) bond motifs is 1. The number of hydrogen-bond acceptors (Lipinski definition) is 4. The number of amides is 1. The molecule has 1 aliphatic heterocycles. The van der Waals surface area contributed by atoms with E-state index in [0.29, 0.717) is 11.5 Å². The third-order valence-corrected chi connectivity index (χ3v) is 4.56. The van der Waals surface area contributed by atoms with Crippen molar-refractivity contribution in [3.05, 3.63) is 47.4 Å². The molecule has 1 unspecified atom stereocenters. The zero-order valence-electron chi connectivity index (χ0n) is 14.8. The molecule has 24 heavy (non-hydrogen) atoms. The normalized spacial score (nSPS) is 16.2. The summed E-state index contributed by atoms with van der Waals surface area (Å²) in [7, 11) is 0. The van der Waals surface area contributed by atoms with Crippen molar-refractivity contribution in [2.45, 2.75) is 40.2 Å². The van der Waals surface area contributed by atoms with Crippen molar-refractivity contribution in [1.82, 2.24) is 9.97 Å². The highest BCUT2D eigenvalue weighted by molar-refractivity contribution is 6.06. The largest absolute Gasteiger partial charge is 0.357 e. The molecule has 0 bridgehead atoms. The van der Waals surface area contributed by atoms with E-state index in [-0.39, 0.29) is 11.9 Å². The first-order chi connectivity index (χ1) is 11.5. The molecule has 2 heterocycles. The molecule has 0 saturated carbocycles. The molecule has 1 amide bonds. The van der Waals surface area contributed by atoms with E-state index in [2.05, 4.69) is 41.7 Å². The van der Waals surface area contributed by atoms with Gasteiger partial charge in [0.05, 0.1) is 0 Å². The smallest absolute Gasteiger partial charge is 0.277 e. The molecule has 5 heteroatoms. The number of nitrogens with zero attached hydrogens (tertiary/aromatic N) is 4. The van der Waals surface area contributed by atoms with Crippen LogP contribution >= 0.6 is 0 Å². The van der Waals surface area contributed by atoms with Gasteiger partial charge in [-0.2, -0.15) is 0 Å². The highest BCUT2D eigenvalue weighted by atomic mass is 16.2. The molecule has 0 fully saturated rings. The Balaban J connectivity index is 1.99. The second kappa shape index (κ2) is 6.59. The fourth-order valence-electron chi connectivity index (χ4n) is 3.37. The first-order valence-electron chi connectivity index (χ1n) is 8.57. The van der Waals surface area contributed by atoms with Crippen LogP contribution in [-0.4, -0.2) is 35.0 Å². The lowest BCUT2D eigenvalue weighted by Crippen LogP contribution is -2.36. The van der Waals surface area contributed by atoms with Crippen LogP contribution in [0.3, 0.4) is 0 Å². The molecule has 0 aliphatic carbocycles. The summed E-state index contributed by atoms with van der Waals surface area (Å²) < 4.78 is 0. The van der Waals surface area contributed by atoms with Crippen LogP contribution in [0.5, 0.6) is 0 Å². The molecule has 1 atom stereocenters. The Labute approximate surface area is 143 Å². The number of benzene rings is 1. The minimum Gasteiger partial charge on any atom is -0.357 e. The number of rotatable bonds is 4. The SMILES string of the molecule is CCN(CC)c1cc(C(=O)N2c3ccccc3CC2C)nc(C)n1. The van der Waals surface area contributed by atoms with Gasteiger partial charge in [-0.25, -0.2) is 9.97 Å². The first-order valence-corrected chi connectivity index (χ1v) is 8.57. The van der Waals surface area contributed by atoms with Gasteiger partial charge in [0.2, 0.25) is 0 Å². The van der Waals surface area contributed by atoms with E-state index in [4.69, 9.17) is 0 Å². The lowest BCUT2D eigenvalue weighted by molar-refractivity contribution is 0.0976. The van der Waals surface area contributed by atoms with E-state index in [0.717, 1.165) is 31.0 Å². The van der Waals surface area contributed by atoms with E-state index in [1.807, 2.05) is 36.1 Å². The molecule has 1 aromatic carbocycles. The molecular weight excluding hydrogens is 300 g/mol. The number of para-hydroxylation sites is 1. The third kappa shape index (κ3) is 2.86. The van der Waals surface area contributed by atoms with Crippen LogP contribution in [0.4, 0.5) is 11.5 Å². The summed E-state index contributed by atoms with van der Waals surface area (Å²) in [6, 6.07) is 10.1. The van der Waals surface area contributed by atoms with Gasteiger partial charge in [-0.1, -0.05) is 18.2 Å². The highest BCUT2D eigenvalue weighted by Crippen LogP contribution is 2.33. The van der Waals surface area contributed by atoms with Crippen molar-refractivity contribution in [3.63, 3.8) is 0 Å². The predicted molar refractivity (Wildman–Crippen MR) is 96.7 cm³/mol. The van der Waals surface area contributed by atoms with Crippen LogP contribution < -0.4 is 9.80 Å². The maximum absolute atomic E-state index is 13.1. The number of hydrogen-bond donors (Lipinski definition) is 0. The summed E-state index contributed by atoms with van der Waals surface area (Å²) in [6.07, 6.45) is 0.884. The maximum Gasteiger partial charge on any atom is 0.277 e. The molecule has 0 spiro atoms. The molecule has 126 valence electrons. The van der Waals surface area contributed by atoms with Crippen molar-refractivity contribution >= 4 is 17.4 Å². The van der Waals surface area contributed by atoms with Gasteiger partial charge in [0.1, 0.15) is 17.3 Å². The van der Waals surface area contributed by atoms with Gasteiger partial charge in [0.15, 0.2) is 0 Å². The zero-order chi connectivity index (χ0) is 17.3. The lowest BCUT2D eigenvalue weighted by Gasteiger charge is -2.24. The molecule has 0 radical (unpaired) electrons. The minimum absolute atomic E-state index is 0.0497. The average molecular weight is 324 g/mol. The van der Waals surface area contributed by atoms with Gasteiger partial charge in [-0.3, -0.25) is 4.79 Å². The Kier molecular flexibility index (Phi) is 4.51. The first kappa shape index (κ1) is 16.4. The van der Waals surface area contributed by atoms with Crippen LogP contribution in [0.2, 0.25) is 0 Å². The second-order valence-electron chi connectivity index (χ2n) is 6.19. The number of carbonyl (C=O) groups is 1. The van der Waals surface area contributed by atoms with Crippen LogP contribution in [0.15, 0.2) is 30.3 Å². The standard InChI is InChI=1S/C19H24N4O/c1-5-22(6-2)18-12-16(20-14(4)21-18)19(24)23-13(3)11-15-9-7-8-10-17(15)23/h7-10,12-13H,5-6,11H2,1-4H3. The number of carbonyl (C=O) groups excluding carboxylic acids is 1. The van der Waals surface area contributed by atoms with Crippen LogP contribution in [0.1, 0.15) is 42.6 Å². The van der Waals surface area contributed by atoms with Crippen LogP contribution in [0, 0.1) is 6.92 Å². The molecule has 2 aromatic rings. The fourth-order valence-corrected chi connectivity index (χ4v) is 3.37. The molecule has 1 aliphatic rings. The van der Waals surface area contributed by atoms with Gasteiger partial charge in [-0.15, -0.1) is 0 Å². The molecule has 0 N–H and O–H groups in total. The fraction of sp³-hybridized carbons (Fsp3) is 0.421. The van der Waals surface area contributed by atoms with Crippen molar-refractivity contribution in [3.8, 4) is 0 Å². The average Bonchev–Trinajstić information content (AvgIpc) is 2.90. The van der Waals surface area contributed by atoms with E-state index in [1.54, 1.807) is 0 Å². The summed E-state index contributed by atoms with van der Waals surface area (Å²) in [5.74, 6) is 1.39. The van der Waals surface area contributed by atoms with Crippen LogP contribution in [-0.2, 0) is 6.42 Å². The third-order valence-electron chi connectivity index (χ3n) is 4.56. The van der Waals surface area contributed by atoms with E-state index >= 15 is 0 Å². The van der Waals surface area contributed by atoms with Crippen molar-refractivity contribution < 1.29 is 4.79 Å². The minimum atomic E-state index is -0.0497. The Morgan fingerprint density at radius 2 is 1.96 bits per heavy atom. The van der Waals surface area contributed by atoms with Gasteiger partial charge in [0, 0.05) is 30.9 Å². The van der Waals surface area contributed by atoms with Crippen LogP contribution in [0.25, 0.3) is 0 Å².